The lowest BCUT2D eigenvalue weighted by molar-refractivity contribution is 0.102. The molecule has 1 aromatic heterocycles. The molecule has 0 radical (unpaired) electrons. The molecule has 1 amide bonds. The van der Waals surface area contributed by atoms with Gasteiger partial charge in [0.1, 0.15) is 5.82 Å². The van der Waals surface area contributed by atoms with Crippen molar-refractivity contribution in [1.29, 1.82) is 0 Å². The fourth-order valence-corrected chi connectivity index (χ4v) is 2.40. The third-order valence-corrected chi connectivity index (χ3v) is 3.99. The van der Waals surface area contributed by atoms with Gasteiger partial charge in [-0.05, 0) is 54.4 Å². The van der Waals surface area contributed by atoms with Crippen LogP contribution in [-0.2, 0) is 6.54 Å². The molecular formula is C19H17ClN4O. The predicted octanol–water partition coefficient (Wildman–Crippen LogP) is 4.30. The summed E-state index contributed by atoms with van der Waals surface area (Å²) in [5, 5.41) is 14.6. The topological polar surface area (TPSA) is 66.9 Å². The molecule has 1 heterocycles. The van der Waals surface area contributed by atoms with Crippen molar-refractivity contribution in [2.24, 2.45) is 0 Å². The van der Waals surface area contributed by atoms with E-state index < -0.39 is 0 Å². The van der Waals surface area contributed by atoms with Crippen molar-refractivity contribution in [2.45, 2.75) is 13.5 Å². The van der Waals surface area contributed by atoms with Crippen molar-refractivity contribution in [1.82, 2.24) is 10.2 Å². The summed E-state index contributed by atoms with van der Waals surface area (Å²) in [6.45, 7) is 2.73. The summed E-state index contributed by atoms with van der Waals surface area (Å²) in [6.07, 6.45) is 0. The van der Waals surface area contributed by atoms with Crippen LogP contribution in [0.25, 0.3) is 0 Å². The number of rotatable bonds is 5. The third-order valence-electron chi connectivity index (χ3n) is 3.73. The van der Waals surface area contributed by atoms with Gasteiger partial charge in [-0.15, -0.1) is 10.2 Å². The second-order valence-electron chi connectivity index (χ2n) is 5.54. The largest absolute Gasteiger partial charge is 0.364 e. The van der Waals surface area contributed by atoms with Gasteiger partial charge < -0.3 is 10.6 Å². The molecule has 3 aromatic rings. The second-order valence-corrected chi connectivity index (χ2v) is 5.98. The van der Waals surface area contributed by atoms with Crippen molar-refractivity contribution in [3.63, 3.8) is 0 Å². The predicted molar refractivity (Wildman–Crippen MR) is 99.9 cm³/mol. The molecule has 3 rings (SSSR count). The van der Waals surface area contributed by atoms with Gasteiger partial charge in [-0.3, -0.25) is 4.79 Å². The highest BCUT2D eigenvalue weighted by atomic mass is 35.5. The van der Waals surface area contributed by atoms with E-state index in [-0.39, 0.29) is 5.91 Å². The maximum absolute atomic E-state index is 12.1. The number of hydrogen-bond donors (Lipinski definition) is 2. The average molecular weight is 353 g/mol. The third kappa shape index (κ3) is 4.55. The lowest BCUT2D eigenvalue weighted by Gasteiger charge is -2.08. The van der Waals surface area contributed by atoms with Crippen LogP contribution in [0.15, 0.2) is 60.7 Å². The Hall–Kier alpha value is -2.92. The summed E-state index contributed by atoms with van der Waals surface area (Å²) >= 11 is 5.82. The molecule has 0 aliphatic heterocycles. The summed E-state index contributed by atoms with van der Waals surface area (Å²) in [6, 6.07) is 18.3. The van der Waals surface area contributed by atoms with Crippen LogP contribution in [-0.4, -0.2) is 16.1 Å². The molecule has 0 bridgehead atoms. The van der Waals surface area contributed by atoms with E-state index in [1.807, 2.05) is 12.1 Å². The molecule has 0 atom stereocenters. The van der Waals surface area contributed by atoms with Crippen molar-refractivity contribution in [3.05, 3.63) is 82.4 Å². The fraction of sp³-hybridized carbons (Fsp3) is 0.105. The number of halogens is 1. The van der Waals surface area contributed by atoms with Crippen LogP contribution >= 0.6 is 11.6 Å². The standard InChI is InChI=1S/C19H17ClN4O/c1-13-4-2-3-5-15(13)12-21-17-10-11-18(24-23-17)22-19(25)14-6-8-16(20)9-7-14/h2-11H,12H2,1H3,(H,21,23)(H,22,24,25). The van der Waals surface area contributed by atoms with Crippen molar-refractivity contribution >= 4 is 29.1 Å². The van der Waals surface area contributed by atoms with E-state index in [0.717, 1.165) is 0 Å². The monoisotopic (exact) mass is 352 g/mol. The van der Waals surface area contributed by atoms with E-state index in [2.05, 4.69) is 39.9 Å². The van der Waals surface area contributed by atoms with Crippen LogP contribution < -0.4 is 10.6 Å². The van der Waals surface area contributed by atoms with Crippen LogP contribution in [0.1, 0.15) is 21.5 Å². The first-order chi connectivity index (χ1) is 12.1. The molecule has 0 saturated carbocycles. The summed E-state index contributed by atoms with van der Waals surface area (Å²) < 4.78 is 0. The van der Waals surface area contributed by atoms with Crippen molar-refractivity contribution in [2.75, 3.05) is 10.6 Å². The van der Waals surface area contributed by atoms with Gasteiger partial charge in [0.05, 0.1) is 0 Å². The zero-order valence-corrected chi connectivity index (χ0v) is 14.4. The number of aryl methyl sites for hydroxylation is 1. The van der Waals surface area contributed by atoms with Crippen LogP contribution in [0.3, 0.4) is 0 Å². The Morgan fingerprint density at radius 2 is 1.64 bits per heavy atom. The summed E-state index contributed by atoms with van der Waals surface area (Å²) in [5.74, 6) is 0.778. The zero-order valence-electron chi connectivity index (χ0n) is 13.7. The molecule has 5 nitrogen and oxygen atoms in total. The molecule has 126 valence electrons. The average Bonchev–Trinajstić information content (AvgIpc) is 2.63. The van der Waals surface area contributed by atoms with E-state index in [4.69, 9.17) is 11.6 Å². The zero-order chi connectivity index (χ0) is 17.6. The van der Waals surface area contributed by atoms with Gasteiger partial charge in [0.25, 0.3) is 5.91 Å². The first kappa shape index (κ1) is 16.9. The molecule has 0 saturated heterocycles. The molecule has 6 heteroatoms. The quantitative estimate of drug-likeness (QED) is 0.718. The number of hydrogen-bond acceptors (Lipinski definition) is 4. The molecule has 2 N–H and O–H groups in total. The summed E-state index contributed by atoms with van der Waals surface area (Å²) in [7, 11) is 0. The van der Waals surface area contributed by atoms with Crippen molar-refractivity contribution < 1.29 is 4.79 Å². The maximum Gasteiger partial charge on any atom is 0.256 e. The van der Waals surface area contributed by atoms with E-state index >= 15 is 0 Å². The number of aromatic nitrogens is 2. The van der Waals surface area contributed by atoms with Crippen LogP contribution in [0.5, 0.6) is 0 Å². The highest BCUT2D eigenvalue weighted by Gasteiger charge is 2.07. The lowest BCUT2D eigenvalue weighted by atomic mass is 10.1. The number of benzene rings is 2. The Morgan fingerprint density at radius 1 is 0.960 bits per heavy atom. The number of amides is 1. The second kappa shape index (κ2) is 7.77. The minimum absolute atomic E-state index is 0.258. The molecule has 25 heavy (non-hydrogen) atoms. The SMILES string of the molecule is Cc1ccccc1CNc1ccc(NC(=O)c2ccc(Cl)cc2)nn1. The molecule has 0 fully saturated rings. The van der Waals surface area contributed by atoms with E-state index in [1.165, 1.54) is 11.1 Å². The fourth-order valence-electron chi connectivity index (χ4n) is 2.28. The van der Waals surface area contributed by atoms with Crippen LogP contribution in [0, 0.1) is 6.92 Å². The lowest BCUT2D eigenvalue weighted by Crippen LogP contribution is -2.13. The van der Waals surface area contributed by atoms with Crippen LogP contribution in [0.4, 0.5) is 11.6 Å². The van der Waals surface area contributed by atoms with E-state index in [0.29, 0.717) is 28.8 Å². The molecule has 0 aliphatic carbocycles. The van der Waals surface area contributed by atoms with E-state index in [1.54, 1.807) is 36.4 Å². The van der Waals surface area contributed by atoms with Gasteiger partial charge in [0, 0.05) is 17.1 Å². The number of nitrogens with zero attached hydrogens (tertiary/aromatic N) is 2. The molecular weight excluding hydrogens is 336 g/mol. The Kier molecular flexibility index (Phi) is 5.26. The van der Waals surface area contributed by atoms with Gasteiger partial charge in [-0.25, -0.2) is 0 Å². The molecule has 0 aliphatic rings. The van der Waals surface area contributed by atoms with Gasteiger partial charge >= 0.3 is 0 Å². The normalized spacial score (nSPS) is 10.3. The molecule has 0 unspecified atom stereocenters. The minimum Gasteiger partial charge on any atom is -0.364 e. The number of carbonyl (C=O) groups excluding carboxylic acids is 1. The Morgan fingerprint density at radius 3 is 2.32 bits per heavy atom. The summed E-state index contributed by atoms with van der Waals surface area (Å²) in [4.78, 5) is 12.1. The smallest absolute Gasteiger partial charge is 0.256 e. The number of nitrogens with one attached hydrogen (secondary N) is 2. The highest BCUT2D eigenvalue weighted by Crippen LogP contribution is 2.13. The number of anilines is 2. The molecule has 0 spiro atoms. The summed E-state index contributed by atoms with van der Waals surface area (Å²) in [5.41, 5.74) is 2.92. The molecule has 2 aromatic carbocycles. The van der Waals surface area contributed by atoms with Gasteiger partial charge in [-0.1, -0.05) is 35.9 Å². The minimum atomic E-state index is -0.258. The highest BCUT2D eigenvalue weighted by molar-refractivity contribution is 6.30. The Labute approximate surface area is 151 Å². The maximum atomic E-state index is 12.1. The van der Waals surface area contributed by atoms with Gasteiger partial charge in [0.2, 0.25) is 0 Å². The Bertz CT molecular complexity index is 863. The number of carbonyl (C=O) groups is 1. The first-order valence-corrected chi connectivity index (χ1v) is 8.18. The van der Waals surface area contributed by atoms with Gasteiger partial charge in [-0.2, -0.15) is 0 Å². The van der Waals surface area contributed by atoms with Crippen LogP contribution in [0.2, 0.25) is 5.02 Å². The first-order valence-electron chi connectivity index (χ1n) is 7.81. The van der Waals surface area contributed by atoms with Gasteiger partial charge in [0.15, 0.2) is 5.82 Å². The Balaban J connectivity index is 1.59. The van der Waals surface area contributed by atoms with E-state index in [9.17, 15) is 4.79 Å². The van der Waals surface area contributed by atoms with Crippen molar-refractivity contribution in [3.8, 4) is 0 Å².